The SMILES string of the molecule is O=C(CSc1nnc(-c2ccc(Cl)cc2)n1-c1ccccc1)NCc1ccc(Cl)cc1. The number of benzene rings is 3. The molecule has 0 atom stereocenters. The summed E-state index contributed by atoms with van der Waals surface area (Å²) in [5.74, 6) is 0.821. The molecular formula is C23H18Cl2N4OS. The lowest BCUT2D eigenvalue weighted by atomic mass is 10.2. The van der Waals surface area contributed by atoms with Gasteiger partial charge in [-0.05, 0) is 54.1 Å². The quantitative estimate of drug-likeness (QED) is 0.356. The van der Waals surface area contributed by atoms with Gasteiger partial charge in [0.25, 0.3) is 0 Å². The van der Waals surface area contributed by atoms with Crippen molar-refractivity contribution >= 4 is 40.9 Å². The molecule has 4 aromatic rings. The summed E-state index contributed by atoms with van der Waals surface area (Å²) in [6.07, 6.45) is 0. The molecule has 1 amide bonds. The molecule has 31 heavy (non-hydrogen) atoms. The summed E-state index contributed by atoms with van der Waals surface area (Å²) in [4.78, 5) is 12.4. The number of rotatable bonds is 7. The molecule has 0 fully saturated rings. The van der Waals surface area contributed by atoms with Crippen molar-refractivity contribution in [3.63, 3.8) is 0 Å². The van der Waals surface area contributed by atoms with Gasteiger partial charge in [-0.3, -0.25) is 9.36 Å². The van der Waals surface area contributed by atoms with E-state index in [4.69, 9.17) is 23.2 Å². The number of thioether (sulfide) groups is 1. The molecule has 4 rings (SSSR count). The predicted octanol–water partition coefficient (Wildman–Crippen LogP) is 5.65. The Morgan fingerprint density at radius 3 is 2.19 bits per heavy atom. The number of hydrogen-bond acceptors (Lipinski definition) is 4. The minimum Gasteiger partial charge on any atom is -0.351 e. The highest BCUT2D eigenvalue weighted by Gasteiger charge is 2.17. The zero-order valence-corrected chi connectivity index (χ0v) is 18.7. The molecule has 1 aromatic heterocycles. The molecule has 1 N–H and O–H groups in total. The Labute approximate surface area is 194 Å². The van der Waals surface area contributed by atoms with Crippen LogP contribution in [0.15, 0.2) is 84.0 Å². The van der Waals surface area contributed by atoms with Gasteiger partial charge < -0.3 is 5.32 Å². The van der Waals surface area contributed by atoms with Crippen LogP contribution in [0.25, 0.3) is 17.1 Å². The van der Waals surface area contributed by atoms with Gasteiger partial charge in [0.2, 0.25) is 5.91 Å². The van der Waals surface area contributed by atoms with Crippen LogP contribution in [0.1, 0.15) is 5.56 Å². The molecule has 0 spiro atoms. The molecule has 1 heterocycles. The Morgan fingerprint density at radius 2 is 1.52 bits per heavy atom. The summed E-state index contributed by atoms with van der Waals surface area (Å²) in [6.45, 7) is 0.442. The maximum atomic E-state index is 12.4. The first-order valence-corrected chi connectivity index (χ1v) is 11.2. The van der Waals surface area contributed by atoms with Gasteiger partial charge in [0.15, 0.2) is 11.0 Å². The standard InChI is InChI=1S/C23H18Cl2N4OS/c24-18-10-6-16(7-11-18)14-26-21(30)15-31-23-28-27-22(17-8-12-19(25)13-9-17)29(23)20-4-2-1-3-5-20/h1-13H,14-15H2,(H,26,30). The van der Waals surface area contributed by atoms with Crippen molar-refractivity contribution in [2.24, 2.45) is 0 Å². The molecule has 0 saturated carbocycles. The largest absolute Gasteiger partial charge is 0.351 e. The molecule has 156 valence electrons. The molecule has 5 nitrogen and oxygen atoms in total. The number of aromatic nitrogens is 3. The van der Waals surface area contributed by atoms with E-state index >= 15 is 0 Å². The summed E-state index contributed by atoms with van der Waals surface area (Å²) in [6, 6.07) is 24.6. The maximum absolute atomic E-state index is 12.4. The van der Waals surface area contributed by atoms with Crippen molar-refractivity contribution in [3.8, 4) is 17.1 Å². The van der Waals surface area contributed by atoms with Crippen molar-refractivity contribution in [3.05, 3.63) is 94.5 Å². The summed E-state index contributed by atoms with van der Waals surface area (Å²) in [5, 5.41) is 13.6. The second-order valence-corrected chi connectivity index (χ2v) is 8.49. The third-order valence-corrected chi connectivity index (χ3v) is 5.92. The highest BCUT2D eigenvalue weighted by molar-refractivity contribution is 7.99. The fraction of sp³-hybridized carbons (Fsp3) is 0.0870. The van der Waals surface area contributed by atoms with Gasteiger partial charge in [0.1, 0.15) is 0 Å². The molecule has 0 saturated heterocycles. The summed E-state index contributed by atoms with van der Waals surface area (Å²) in [5.41, 5.74) is 2.79. The number of nitrogens with one attached hydrogen (secondary N) is 1. The minimum absolute atomic E-state index is 0.0874. The number of para-hydroxylation sites is 1. The summed E-state index contributed by atoms with van der Waals surface area (Å²) >= 11 is 13.3. The Morgan fingerprint density at radius 1 is 0.871 bits per heavy atom. The normalized spacial score (nSPS) is 10.8. The fourth-order valence-corrected chi connectivity index (χ4v) is 3.98. The number of carbonyl (C=O) groups excluding carboxylic acids is 1. The van der Waals surface area contributed by atoms with Gasteiger partial charge in [0.05, 0.1) is 5.75 Å². The number of nitrogens with zero attached hydrogens (tertiary/aromatic N) is 3. The first-order valence-electron chi connectivity index (χ1n) is 9.51. The van der Waals surface area contributed by atoms with Gasteiger partial charge in [0, 0.05) is 27.8 Å². The van der Waals surface area contributed by atoms with Gasteiger partial charge in [-0.1, -0.05) is 65.3 Å². The smallest absolute Gasteiger partial charge is 0.230 e. The van der Waals surface area contributed by atoms with E-state index in [0.717, 1.165) is 16.8 Å². The average Bonchev–Trinajstić information content (AvgIpc) is 3.22. The van der Waals surface area contributed by atoms with Gasteiger partial charge in [-0.15, -0.1) is 10.2 Å². The molecular weight excluding hydrogens is 451 g/mol. The lowest BCUT2D eigenvalue weighted by Crippen LogP contribution is -2.24. The zero-order chi connectivity index (χ0) is 21.6. The van der Waals surface area contributed by atoms with E-state index in [1.807, 2.05) is 71.3 Å². The van der Waals surface area contributed by atoms with E-state index in [0.29, 0.717) is 27.6 Å². The van der Waals surface area contributed by atoms with Crippen LogP contribution >= 0.6 is 35.0 Å². The van der Waals surface area contributed by atoms with Crippen molar-refractivity contribution in [2.45, 2.75) is 11.7 Å². The molecule has 8 heteroatoms. The summed E-state index contributed by atoms with van der Waals surface area (Å²) < 4.78 is 1.94. The lowest BCUT2D eigenvalue weighted by molar-refractivity contribution is -0.118. The van der Waals surface area contributed by atoms with Crippen molar-refractivity contribution in [1.29, 1.82) is 0 Å². The predicted molar refractivity (Wildman–Crippen MR) is 126 cm³/mol. The van der Waals surface area contributed by atoms with Crippen molar-refractivity contribution < 1.29 is 4.79 Å². The zero-order valence-electron chi connectivity index (χ0n) is 16.3. The molecule has 0 unspecified atom stereocenters. The molecule has 0 aliphatic rings. The van der Waals surface area contributed by atoms with Gasteiger partial charge in [-0.2, -0.15) is 0 Å². The average molecular weight is 469 g/mol. The highest BCUT2D eigenvalue weighted by Crippen LogP contribution is 2.28. The van der Waals surface area contributed by atoms with E-state index in [2.05, 4.69) is 15.5 Å². The molecule has 0 aliphatic heterocycles. The number of carbonyl (C=O) groups is 1. The van der Waals surface area contributed by atoms with Crippen LogP contribution in [0.2, 0.25) is 10.0 Å². The maximum Gasteiger partial charge on any atom is 0.230 e. The van der Waals surface area contributed by atoms with E-state index < -0.39 is 0 Å². The number of hydrogen-bond donors (Lipinski definition) is 1. The molecule has 3 aromatic carbocycles. The summed E-state index contributed by atoms with van der Waals surface area (Å²) in [7, 11) is 0. The molecule has 0 radical (unpaired) electrons. The van der Waals surface area contributed by atoms with Crippen LogP contribution in [0, 0.1) is 0 Å². The minimum atomic E-state index is -0.0874. The van der Waals surface area contributed by atoms with E-state index in [1.165, 1.54) is 11.8 Å². The van der Waals surface area contributed by atoms with E-state index in [-0.39, 0.29) is 11.7 Å². The monoisotopic (exact) mass is 468 g/mol. The van der Waals surface area contributed by atoms with Crippen LogP contribution in [0.3, 0.4) is 0 Å². The first kappa shape index (κ1) is 21.4. The first-order chi connectivity index (χ1) is 15.1. The second-order valence-electron chi connectivity index (χ2n) is 6.68. The molecule has 0 aliphatic carbocycles. The number of halogens is 2. The second kappa shape index (κ2) is 10.0. The van der Waals surface area contributed by atoms with E-state index in [1.54, 1.807) is 12.1 Å². The topological polar surface area (TPSA) is 59.8 Å². The van der Waals surface area contributed by atoms with Gasteiger partial charge >= 0.3 is 0 Å². The van der Waals surface area contributed by atoms with Crippen LogP contribution < -0.4 is 5.32 Å². The Balaban J connectivity index is 1.50. The van der Waals surface area contributed by atoms with Crippen molar-refractivity contribution in [2.75, 3.05) is 5.75 Å². The third kappa shape index (κ3) is 5.47. The Bertz CT molecular complexity index is 1160. The fourth-order valence-electron chi connectivity index (χ4n) is 2.94. The van der Waals surface area contributed by atoms with Crippen LogP contribution in [-0.2, 0) is 11.3 Å². The van der Waals surface area contributed by atoms with E-state index in [9.17, 15) is 4.79 Å². The van der Waals surface area contributed by atoms with Crippen molar-refractivity contribution in [1.82, 2.24) is 20.1 Å². The van der Waals surface area contributed by atoms with Crippen LogP contribution in [0.5, 0.6) is 0 Å². The Kier molecular flexibility index (Phi) is 6.92. The Hall–Kier alpha value is -2.80. The number of amides is 1. The third-order valence-electron chi connectivity index (χ3n) is 4.49. The van der Waals surface area contributed by atoms with Crippen LogP contribution in [-0.4, -0.2) is 26.4 Å². The lowest BCUT2D eigenvalue weighted by Gasteiger charge is -2.10. The molecule has 0 bridgehead atoms. The van der Waals surface area contributed by atoms with Crippen LogP contribution in [0.4, 0.5) is 0 Å². The van der Waals surface area contributed by atoms with Gasteiger partial charge in [-0.25, -0.2) is 0 Å². The highest BCUT2D eigenvalue weighted by atomic mass is 35.5.